The summed E-state index contributed by atoms with van der Waals surface area (Å²) in [5, 5.41) is 0. The van der Waals surface area contributed by atoms with Crippen LogP contribution in [0.5, 0.6) is 0 Å². The largest absolute Gasteiger partial charge is 0.298 e. The highest BCUT2D eigenvalue weighted by molar-refractivity contribution is 5.82. The minimum Gasteiger partial charge on any atom is -0.298 e. The number of aldehydes is 1. The van der Waals surface area contributed by atoms with Gasteiger partial charge in [0.15, 0.2) is 6.29 Å². The van der Waals surface area contributed by atoms with Crippen molar-refractivity contribution in [3.8, 4) is 0 Å². The molecule has 1 aliphatic rings. The van der Waals surface area contributed by atoms with E-state index in [1.807, 2.05) is 0 Å². The Kier molecular flexibility index (Phi) is 3.16. The van der Waals surface area contributed by atoms with Crippen molar-refractivity contribution in [1.82, 2.24) is 0 Å². The van der Waals surface area contributed by atoms with Gasteiger partial charge >= 0.3 is 0 Å². The van der Waals surface area contributed by atoms with E-state index in [0.717, 1.165) is 23.8 Å². The Labute approximate surface area is 117 Å². The summed E-state index contributed by atoms with van der Waals surface area (Å²) in [4.78, 5) is 11.6. The van der Waals surface area contributed by atoms with Crippen molar-refractivity contribution in [1.29, 1.82) is 0 Å². The second-order valence-electron chi connectivity index (χ2n) is 7.48. The molecule has 1 aliphatic carbocycles. The summed E-state index contributed by atoms with van der Waals surface area (Å²) in [6.07, 6.45) is 2.20. The molecule has 0 aromatic heterocycles. The summed E-state index contributed by atoms with van der Waals surface area (Å²) in [7, 11) is 0. The van der Waals surface area contributed by atoms with Gasteiger partial charge in [0.2, 0.25) is 0 Å². The van der Waals surface area contributed by atoms with Crippen LogP contribution in [0.25, 0.3) is 0 Å². The summed E-state index contributed by atoms with van der Waals surface area (Å²) < 4.78 is 0. The number of carbonyl (C=O) groups excluding carboxylic acids is 1. The van der Waals surface area contributed by atoms with Crippen molar-refractivity contribution in [2.45, 2.75) is 65.7 Å². The van der Waals surface area contributed by atoms with E-state index in [4.69, 9.17) is 0 Å². The number of aryl methyl sites for hydroxylation is 1. The summed E-state index contributed by atoms with van der Waals surface area (Å²) in [6.45, 7) is 15.7. The van der Waals surface area contributed by atoms with E-state index < -0.39 is 0 Å². The van der Waals surface area contributed by atoms with E-state index in [2.05, 4.69) is 54.5 Å². The van der Waals surface area contributed by atoms with Gasteiger partial charge in [-0.25, -0.2) is 0 Å². The monoisotopic (exact) mass is 258 g/mol. The first-order valence-corrected chi connectivity index (χ1v) is 7.23. The fraction of sp³-hybridized carbons (Fsp3) is 0.611. The molecule has 1 nitrogen and oxygen atoms in total. The number of hydrogen-bond donors (Lipinski definition) is 0. The van der Waals surface area contributed by atoms with E-state index in [0.29, 0.717) is 5.92 Å². The average Bonchev–Trinajstić information content (AvgIpc) is 2.29. The summed E-state index contributed by atoms with van der Waals surface area (Å²) in [5.74, 6) is 0.622. The van der Waals surface area contributed by atoms with Crippen LogP contribution in [0.2, 0.25) is 0 Å². The first-order valence-electron chi connectivity index (χ1n) is 7.23. The number of carbonyl (C=O) groups is 1. The molecule has 1 unspecified atom stereocenters. The molecule has 0 bridgehead atoms. The van der Waals surface area contributed by atoms with Crippen molar-refractivity contribution < 1.29 is 4.79 Å². The van der Waals surface area contributed by atoms with Gasteiger partial charge < -0.3 is 0 Å². The third kappa shape index (κ3) is 1.94. The quantitative estimate of drug-likeness (QED) is 0.667. The van der Waals surface area contributed by atoms with E-state index >= 15 is 0 Å². The molecule has 0 saturated heterocycles. The topological polar surface area (TPSA) is 17.1 Å². The third-order valence-electron chi connectivity index (χ3n) is 5.43. The Bertz CT molecular complexity index is 535. The van der Waals surface area contributed by atoms with Crippen LogP contribution in [0.3, 0.4) is 0 Å². The van der Waals surface area contributed by atoms with Crippen LogP contribution in [-0.2, 0) is 10.8 Å². The molecule has 1 aromatic rings. The molecule has 0 aliphatic heterocycles. The van der Waals surface area contributed by atoms with Crippen molar-refractivity contribution in [3.63, 3.8) is 0 Å². The standard InChI is InChI=1S/C18H26O/c1-11-8-15-16(14(10-19)13(11)3)17(4,5)9-12(2)18(15,6)7/h8,10,12H,9H2,1-7H3. The fourth-order valence-electron chi connectivity index (χ4n) is 3.71. The van der Waals surface area contributed by atoms with Crippen molar-refractivity contribution in [2.75, 3.05) is 0 Å². The van der Waals surface area contributed by atoms with Crippen LogP contribution >= 0.6 is 0 Å². The molecule has 1 aromatic carbocycles. The van der Waals surface area contributed by atoms with Crippen LogP contribution in [0, 0.1) is 19.8 Å². The lowest BCUT2D eigenvalue weighted by Gasteiger charge is -2.47. The van der Waals surface area contributed by atoms with E-state index in [1.54, 1.807) is 0 Å². The van der Waals surface area contributed by atoms with E-state index in [-0.39, 0.29) is 10.8 Å². The Hall–Kier alpha value is -1.11. The molecule has 0 spiro atoms. The smallest absolute Gasteiger partial charge is 0.150 e. The van der Waals surface area contributed by atoms with Gasteiger partial charge in [0.05, 0.1) is 0 Å². The minimum absolute atomic E-state index is 0.0823. The van der Waals surface area contributed by atoms with Gasteiger partial charge in [0.25, 0.3) is 0 Å². The molecule has 0 saturated carbocycles. The SMILES string of the molecule is Cc1cc2c(c(C=O)c1C)C(C)(C)CC(C)C2(C)C. The van der Waals surface area contributed by atoms with Crippen molar-refractivity contribution in [2.24, 2.45) is 5.92 Å². The first-order chi connectivity index (χ1) is 8.63. The fourth-order valence-corrected chi connectivity index (χ4v) is 3.71. The molecule has 0 heterocycles. The predicted octanol–water partition coefficient (Wildman–Crippen LogP) is 4.71. The molecule has 0 N–H and O–H groups in total. The second kappa shape index (κ2) is 4.19. The van der Waals surface area contributed by atoms with Crippen LogP contribution in [-0.4, -0.2) is 6.29 Å². The average molecular weight is 258 g/mol. The van der Waals surface area contributed by atoms with Gasteiger partial charge in [0.1, 0.15) is 0 Å². The highest BCUT2D eigenvalue weighted by Crippen LogP contribution is 2.50. The van der Waals surface area contributed by atoms with Crippen LogP contribution in [0.15, 0.2) is 6.07 Å². The Morgan fingerprint density at radius 1 is 1.21 bits per heavy atom. The van der Waals surface area contributed by atoms with Crippen molar-refractivity contribution >= 4 is 6.29 Å². The molecule has 1 atom stereocenters. The summed E-state index contributed by atoms with van der Waals surface area (Å²) in [6, 6.07) is 2.31. The van der Waals surface area contributed by atoms with E-state index in [1.165, 1.54) is 16.7 Å². The van der Waals surface area contributed by atoms with Gasteiger partial charge in [0, 0.05) is 5.56 Å². The van der Waals surface area contributed by atoms with Gasteiger partial charge in [-0.05, 0) is 59.3 Å². The zero-order chi connectivity index (χ0) is 14.6. The molecule has 19 heavy (non-hydrogen) atoms. The van der Waals surface area contributed by atoms with Crippen LogP contribution in [0.4, 0.5) is 0 Å². The zero-order valence-electron chi connectivity index (χ0n) is 13.3. The molecule has 104 valence electrons. The van der Waals surface area contributed by atoms with Crippen LogP contribution < -0.4 is 0 Å². The maximum atomic E-state index is 11.6. The molecule has 0 amide bonds. The number of rotatable bonds is 1. The van der Waals surface area contributed by atoms with E-state index in [9.17, 15) is 4.79 Å². The predicted molar refractivity (Wildman–Crippen MR) is 81.1 cm³/mol. The zero-order valence-corrected chi connectivity index (χ0v) is 13.3. The maximum Gasteiger partial charge on any atom is 0.150 e. The van der Waals surface area contributed by atoms with Gasteiger partial charge in [-0.2, -0.15) is 0 Å². The Morgan fingerprint density at radius 2 is 1.79 bits per heavy atom. The second-order valence-corrected chi connectivity index (χ2v) is 7.48. The summed E-state index contributed by atoms with van der Waals surface area (Å²) >= 11 is 0. The van der Waals surface area contributed by atoms with Gasteiger partial charge in [-0.15, -0.1) is 0 Å². The Morgan fingerprint density at radius 3 is 2.32 bits per heavy atom. The highest BCUT2D eigenvalue weighted by Gasteiger charge is 2.43. The molecular weight excluding hydrogens is 232 g/mol. The number of benzene rings is 1. The third-order valence-corrected chi connectivity index (χ3v) is 5.43. The molecule has 0 radical (unpaired) electrons. The van der Waals surface area contributed by atoms with Crippen LogP contribution in [0.1, 0.15) is 73.7 Å². The van der Waals surface area contributed by atoms with Crippen molar-refractivity contribution in [3.05, 3.63) is 33.9 Å². The summed E-state index contributed by atoms with van der Waals surface area (Å²) in [5.41, 5.74) is 6.20. The number of hydrogen-bond acceptors (Lipinski definition) is 1. The number of fused-ring (bicyclic) bond motifs is 1. The normalized spacial score (nSPS) is 23.8. The lowest BCUT2D eigenvalue weighted by atomic mass is 9.57. The lowest BCUT2D eigenvalue weighted by molar-refractivity contribution is 0.111. The molecular formula is C18H26O. The first kappa shape index (κ1) is 14.3. The molecule has 1 heteroatoms. The highest BCUT2D eigenvalue weighted by atomic mass is 16.1. The minimum atomic E-state index is 0.0823. The lowest BCUT2D eigenvalue weighted by Crippen LogP contribution is -2.41. The van der Waals surface area contributed by atoms with Gasteiger partial charge in [-0.1, -0.05) is 40.7 Å². The van der Waals surface area contributed by atoms with Gasteiger partial charge in [-0.3, -0.25) is 4.79 Å². The molecule has 0 fully saturated rings. The maximum absolute atomic E-state index is 11.6. The molecule has 2 rings (SSSR count). The Balaban J connectivity index is 2.89.